The van der Waals surface area contributed by atoms with Crippen LogP contribution in [-0.4, -0.2) is 23.4 Å². The molecule has 0 unspecified atom stereocenters. The number of rotatable bonds is 5. The summed E-state index contributed by atoms with van der Waals surface area (Å²) in [6.07, 6.45) is -0.0714. The lowest BCUT2D eigenvalue weighted by Crippen LogP contribution is -2.20. The average molecular weight is 423 g/mol. The van der Waals surface area contributed by atoms with E-state index < -0.39 is 6.57 Å². The first-order valence-corrected chi connectivity index (χ1v) is 12.5. The Kier molecular flexibility index (Phi) is 6.00. The Labute approximate surface area is 179 Å². The zero-order chi connectivity index (χ0) is 20.4. The molecule has 0 amide bonds. The summed E-state index contributed by atoms with van der Waals surface area (Å²) >= 11 is 6.28. The number of nitrogens with zero attached hydrogens (tertiary/aromatic N) is 2. The van der Waals surface area contributed by atoms with Crippen molar-refractivity contribution in [3.63, 3.8) is 0 Å². The lowest BCUT2D eigenvalue weighted by Gasteiger charge is -2.33. The highest BCUT2D eigenvalue weighted by molar-refractivity contribution is 8.10. The summed E-state index contributed by atoms with van der Waals surface area (Å²) in [5, 5.41) is 0. The topological polar surface area (TPSA) is 15.7 Å². The maximum atomic E-state index is 6.69. The van der Waals surface area contributed by atoms with E-state index in [0.29, 0.717) is 0 Å². The van der Waals surface area contributed by atoms with Crippen LogP contribution in [0.4, 0.5) is 0 Å². The van der Waals surface area contributed by atoms with E-state index >= 15 is 0 Å². The highest BCUT2D eigenvalue weighted by Crippen LogP contribution is 2.70. The number of hydrogen-bond acceptors (Lipinski definition) is 2. The van der Waals surface area contributed by atoms with Gasteiger partial charge in [-0.15, -0.1) is 0 Å². The Morgan fingerprint density at radius 1 is 0.724 bits per heavy atom. The van der Waals surface area contributed by atoms with E-state index in [0.717, 1.165) is 5.56 Å². The van der Waals surface area contributed by atoms with Crippen molar-refractivity contribution < 1.29 is 4.52 Å². The van der Waals surface area contributed by atoms with Crippen LogP contribution in [0.25, 0.3) is 0 Å². The van der Waals surface area contributed by atoms with Gasteiger partial charge in [-0.3, -0.25) is 0 Å². The third kappa shape index (κ3) is 3.84. The van der Waals surface area contributed by atoms with Crippen molar-refractivity contribution >= 4 is 18.4 Å². The van der Waals surface area contributed by atoms with Gasteiger partial charge in [0.1, 0.15) is 0 Å². The smallest absolute Gasteiger partial charge is 0.204 e. The molecule has 0 saturated carbocycles. The van der Waals surface area contributed by atoms with Gasteiger partial charge >= 0.3 is 0 Å². The van der Waals surface area contributed by atoms with E-state index in [4.69, 9.17) is 16.3 Å². The van der Waals surface area contributed by atoms with E-state index in [2.05, 4.69) is 103 Å². The molecule has 1 saturated heterocycles. The predicted octanol–water partition coefficient (Wildman–Crippen LogP) is 6.35. The number of likely N-dealkylation sites (N-methyl/N-ethyl adjacent to an activating group) is 2. The Bertz CT molecular complexity index is 928. The van der Waals surface area contributed by atoms with Crippen LogP contribution < -0.4 is 0 Å². The molecule has 1 aliphatic heterocycles. The number of benzene rings is 3. The SMILES string of the molecule is C[C@H](OP1(=S)N(C)[C@H](c2ccccc2)[C@@H](c2ccccc2)N1C)c1ccccc1. The summed E-state index contributed by atoms with van der Waals surface area (Å²) in [5.41, 5.74) is 3.68. The zero-order valence-electron chi connectivity index (χ0n) is 17.1. The molecule has 1 fully saturated rings. The fourth-order valence-corrected chi connectivity index (χ4v) is 7.60. The second-order valence-electron chi connectivity index (χ2n) is 7.51. The standard InChI is InChI=1S/C24H27N2OPS/c1-19(20-13-7-4-8-14-20)27-28(29)25(2)23(21-15-9-5-10-16-21)24(26(28)3)22-17-11-6-12-18-22/h4-19,23-24H,1-3H3/t19-,23+,24+/m0/s1. The van der Waals surface area contributed by atoms with Gasteiger partial charge in [-0.1, -0.05) is 91.0 Å². The summed E-state index contributed by atoms with van der Waals surface area (Å²) in [6, 6.07) is 31.9. The highest BCUT2D eigenvalue weighted by atomic mass is 32.5. The molecule has 1 aliphatic rings. The Hall–Kier alpha value is -1.81. The first-order valence-electron chi connectivity index (χ1n) is 9.92. The molecule has 3 nitrogen and oxygen atoms in total. The molecule has 1 heterocycles. The lowest BCUT2D eigenvalue weighted by atomic mass is 9.93. The van der Waals surface area contributed by atoms with Gasteiger partial charge in [0.2, 0.25) is 6.57 Å². The van der Waals surface area contributed by atoms with Crippen LogP contribution in [0, 0.1) is 0 Å². The van der Waals surface area contributed by atoms with Gasteiger partial charge in [0.15, 0.2) is 0 Å². The molecule has 0 aromatic heterocycles. The summed E-state index contributed by atoms with van der Waals surface area (Å²) in [6.45, 7) is -0.321. The molecular formula is C24H27N2OPS. The Morgan fingerprint density at radius 2 is 1.10 bits per heavy atom. The second-order valence-corrected chi connectivity index (χ2v) is 11.4. The highest BCUT2D eigenvalue weighted by Gasteiger charge is 2.50. The second kappa shape index (κ2) is 8.51. The molecule has 5 heteroatoms. The minimum absolute atomic E-state index is 0.0714. The van der Waals surface area contributed by atoms with Crippen molar-refractivity contribution in [2.45, 2.75) is 25.1 Å². The molecule has 150 valence electrons. The fourth-order valence-electron chi connectivity index (χ4n) is 4.18. The molecule has 3 aromatic rings. The van der Waals surface area contributed by atoms with Crippen LogP contribution in [0.2, 0.25) is 0 Å². The first kappa shape index (κ1) is 20.5. The minimum atomic E-state index is -2.42. The van der Waals surface area contributed by atoms with E-state index in [-0.39, 0.29) is 18.2 Å². The molecule has 4 rings (SSSR count). The monoisotopic (exact) mass is 422 g/mol. The van der Waals surface area contributed by atoms with E-state index in [1.54, 1.807) is 0 Å². The van der Waals surface area contributed by atoms with E-state index in [1.807, 2.05) is 18.2 Å². The lowest BCUT2D eigenvalue weighted by molar-refractivity contribution is 0.221. The molecule has 29 heavy (non-hydrogen) atoms. The van der Waals surface area contributed by atoms with Crippen LogP contribution >= 0.6 is 6.57 Å². The molecular weight excluding hydrogens is 395 g/mol. The largest absolute Gasteiger partial charge is 0.319 e. The predicted molar refractivity (Wildman–Crippen MR) is 124 cm³/mol. The maximum absolute atomic E-state index is 6.69. The molecule has 0 radical (unpaired) electrons. The van der Waals surface area contributed by atoms with Gasteiger partial charge in [-0.05, 0) is 49.5 Å². The van der Waals surface area contributed by atoms with E-state index in [1.165, 1.54) is 11.1 Å². The number of hydrogen-bond donors (Lipinski definition) is 0. The quantitative estimate of drug-likeness (QED) is 0.445. The van der Waals surface area contributed by atoms with Gasteiger partial charge in [-0.2, -0.15) is 0 Å². The molecule has 0 N–H and O–H groups in total. The summed E-state index contributed by atoms with van der Waals surface area (Å²) < 4.78 is 11.3. The van der Waals surface area contributed by atoms with Crippen molar-refractivity contribution in [1.82, 2.24) is 9.34 Å². The summed E-state index contributed by atoms with van der Waals surface area (Å²) in [4.78, 5) is 0. The van der Waals surface area contributed by atoms with Crippen LogP contribution in [0.5, 0.6) is 0 Å². The van der Waals surface area contributed by atoms with Crippen molar-refractivity contribution in [1.29, 1.82) is 0 Å². The maximum Gasteiger partial charge on any atom is 0.204 e. The van der Waals surface area contributed by atoms with Crippen LogP contribution in [-0.2, 0) is 16.3 Å². The van der Waals surface area contributed by atoms with Gasteiger partial charge in [-0.25, -0.2) is 9.34 Å². The van der Waals surface area contributed by atoms with Gasteiger partial charge < -0.3 is 4.52 Å². The van der Waals surface area contributed by atoms with E-state index in [9.17, 15) is 0 Å². The zero-order valence-corrected chi connectivity index (χ0v) is 18.8. The van der Waals surface area contributed by atoms with Crippen molar-refractivity contribution in [3.05, 3.63) is 108 Å². The molecule has 0 spiro atoms. The van der Waals surface area contributed by atoms with Gasteiger partial charge in [0, 0.05) is 0 Å². The Morgan fingerprint density at radius 3 is 1.52 bits per heavy atom. The van der Waals surface area contributed by atoms with Crippen LogP contribution in [0.15, 0.2) is 91.0 Å². The first-order chi connectivity index (χ1) is 14.0. The van der Waals surface area contributed by atoms with Crippen LogP contribution in [0.1, 0.15) is 41.8 Å². The summed E-state index contributed by atoms with van der Waals surface area (Å²) in [7, 11) is 4.24. The Balaban J connectivity index is 1.75. The normalized spacial score (nSPS) is 23.1. The molecule has 3 atom stereocenters. The minimum Gasteiger partial charge on any atom is -0.319 e. The van der Waals surface area contributed by atoms with Crippen molar-refractivity contribution in [2.75, 3.05) is 14.1 Å². The van der Waals surface area contributed by atoms with Gasteiger partial charge in [0.05, 0.1) is 18.2 Å². The third-order valence-corrected chi connectivity index (χ3v) is 10.2. The molecule has 0 bridgehead atoms. The van der Waals surface area contributed by atoms with Crippen molar-refractivity contribution in [2.24, 2.45) is 0 Å². The molecule has 3 aromatic carbocycles. The summed E-state index contributed by atoms with van der Waals surface area (Å²) in [5.74, 6) is 0. The van der Waals surface area contributed by atoms with Crippen LogP contribution in [0.3, 0.4) is 0 Å². The molecule has 0 aliphatic carbocycles. The van der Waals surface area contributed by atoms with Gasteiger partial charge in [0.25, 0.3) is 0 Å². The fraction of sp³-hybridized carbons (Fsp3) is 0.250. The third-order valence-electron chi connectivity index (χ3n) is 5.75. The van der Waals surface area contributed by atoms with Crippen molar-refractivity contribution in [3.8, 4) is 0 Å². The average Bonchev–Trinajstić information content (AvgIpc) is 2.96.